The maximum absolute atomic E-state index is 13.2. The van der Waals surface area contributed by atoms with Gasteiger partial charge in [0.15, 0.2) is 0 Å². The van der Waals surface area contributed by atoms with E-state index in [4.69, 9.17) is 4.74 Å². The molecule has 0 aliphatic carbocycles. The SMILES string of the molecule is CCC(C)N(Cc1ccccc1)C(=O)c1cccc(S(=O)(=O)NCCOC)c1. The Labute approximate surface area is 167 Å². The number of nitrogens with zero attached hydrogens (tertiary/aromatic N) is 1. The highest BCUT2D eigenvalue weighted by molar-refractivity contribution is 7.89. The van der Waals surface area contributed by atoms with Gasteiger partial charge in [0.25, 0.3) is 5.91 Å². The molecule has 0 bridgehead atoms. The van der Waals surface area contributed by atoms with E-state index >= 15 is 0 Å². The average Bonchev–Trinajstić information content (AvgIpc) is 2.72. The van der Waals surface area contributed by atoms with Crippen LogP contribution < -0.4 is 4.72 Å². The number of nitrogens with one attached hydrogen (secondary N) is 1. The van der Waals surface area contributed by atoms with Crippen LogP contribution in [-0.2, 0) is 21.3 Å². The predicted molar refractivity (Wildman–Crippen MR) is 110 cm³/mol. The molecule has 2 rings (SSSR count). The molecule has 2 aromatic rings. The fraction of sp³-hybridized carbons (Fsp3) is 0.381. The second-order valence-corrected chi connectivity index (χ2v) is 8.36. The molecular formula is C21H28N2O4S. The number of rotatable bonds is 10. The van der Waals surface area contributed by atoms with Crippen LogP contribution in [0, 0.1) is 0 Å². The molecule has 28 heavy (non-hydrogen) atoms. The van der Waals surface area contributed by atoms with Gasteiger partial charge in [0.2, 0.25) is 10.0 Å². The topological polar surface area (TPSA) is 75.7 Å². The third-order valence-corrected chi connectivity index (χ3v) is 6.03. The van der Waals surface area contributed by atoms with Gasteiger partial charge in [-0.15, -0.1) is 0 Å². The van der Waals surface area contributed by atoms with Gasteiger partial charge in [0, 0.05) is 31.8 Å². The summed E-state index contributed by atoms with van der Waals surface area (Å²) in [7, 11) is -2.20. The van der Waals surface area contributed by atoms with E-state index in [1.54, 1.807) is 17.0 Å². The third-order valence-electron chi connectivity index (χ3n) is 4.57. The van der Waals surface area contributed by atoms with Crippen molar-refractivity contribution >= 4 is 15.9 Å². The van der Waals surface area contributed by atoms with E-state index in [-0.39, 0.29) is 30.0 Å². The van der Waals surface area contributed by atoms with Crippen molar-refractivity contribution in [3.05, 3.63) is 65.7 Å². The molecular weight excluding hydrogens is 376 g/mol. The fourth-order valence-electron chi connectivity index (χ4n) is 2.75. The summed E-state index contributed by atoms with van der Waals surface area (Å²) < 4.78 is 32.2. The minimum Gasteiger partial charge on any atom is -0.383 e. The van der Waals surface area contributed by atoms with Crippen LogP contribution in [0.5, 0.6) is 0 Å². The van der Waals surface area contributed by atoms with Crippen molar-refractivity contribution in [1.29, 1.82) is 0 Å². The molecule has 0 saturated carbocycles. The van der Waals surface area contributed by atoms with Gasteiger partial charge in [-0.05, 0) is 37.1 Å². The molecule has 2 aromatic carbocycles. The summed E-state index contributed by atoms with van der Waals surface area (Å²) >= 11 is 0. The standard InChI is InChI=1S/C21H28N2O4S/c1-4-17(2)23(16-18-9-6-5-7-10-18)21(24)19-11-8-12-20(15-19)28(25,26)22-13-14-27-3/h5-12,15,17,22H,4,13-14,16H2,1-3H3. The van der Waals surface area contributed by atoms with Gasteiger partial charge in [0.05, 0.1) is 11.5 Å². The molecule has 6 nitrogen and oxygen atoms in total. The minimum absolute atomic E-state index is 0.0211. The van der Waals surface area contributed by atoms with Crippen LogP contribution in [0.25, 0.3) is 0 Å². The van der Waals surface area contributed by atoms with Crippen molar-refractivity contribution in [3.8, 4) is 0 Å². The molecule has 0 saturated heterocycles. The Kier molecular flexibility index (Phi) is 8.17. The highest BCUT2D eigenvalue weighted by Gasteiger charge is 2.23. The zero-order valence-electron chi connectivity index (χ0n) is 16.6. The van der Waals surface area contributed by atoms with Gasteiger partial charge in [0.1, 0.15) is 0 Å². The molecule has 1 unspecified atom stereocenters. The number of hydrogen-bond acceptors (Lipinski definition) is 4. The lowest BCUT2D eigenvalue weighted by atomic mass is 10.1. The zero-order valence-corrected chi connectivity index (χ0v) is 17.4. The van der Waals surface area contributed by atoms with E-state index in [1.807, 2.05) is 44.2 Å². The average molecular weight is 405 g/mol. The molecule has 0 heterocycles. The predicted octanol–water partition coefficient (Wildman–Crippen LogP) is 3.05. The maximum Gasteiger partial charge on any atom is 0.254 e. The number of benzene rings is 2. The molecule has 0 aromatic heterocycles. The molecule has 0 radical (unpaired) electrons. The summed E-state index contributed by atoms with van der Waals surface area (Å²) in [5.41, 5.74) is 1.38. The van der Waals surface area contributed by atoms with Crippen molar-refractivity contribution in [2.45, 2.75) is 37.8 Å². The van der Waals surface area contributed by atoms with E-state index in [0.29, 0.717) is 12.1 Å². The lowest BCUT2D eigenvalue weighted by Gasteiger charge is -2.29. The smallest absolute Gasteiger partial charge is 0.254 e. The summed E-state index contributed by atoms with van der Waals surface area (Å²) in [4.78, 5) is 15.0. The van der Waals surface area contributed by atoms with Gasteiger partial charge >= 0.3 is 0 Å². The van der Waals surface area contributed by atoms with Crippen LogP contribution >= 0.6 is 0 Å². The van der Waals surface area contributed by atoms with Crippen molar-refractivity contribution < 1.29 is 17.9 Å². The Morgan fingerprint density at radius 2 is 1.86 bits per heavy atom. The van der Waals surface area contributed by atoms with E-state index < -0.39 is 10.0 Å². The molecule has 152 valence electrons. The molecule has 0 fully saturated rings. The highest BCUT2D eigenvalue weighted by atomic mass is 32.2. The first-order valence-corrected chi connectivity index (χ1v) is 10.8. The Hall–Kier alpha value is -2.22. The number of carbonyl (C=O) groups excluding carboxylic acids is 1. The third kappa shape index (κ3) is 5.89. The number of sulfonamides is 1. The Morgan fingerprint density at radius 1 is 1.14 bits per heavy atom. The maximum atomic E-state index is 13.2. The second-order valence-electron chi connectivity index (χ2n) is 6.59. The molecule has 1 N–H and O–H groups in total. The van der Waals surface area contributed by atoms with Crippen LogP contribution in [0.4, 0.5) is 0 Å². The largest absolute Gasteiger partial charge is 0.383 e. The van der Waals surface area contributed by atoms with Crippen molar-refractivity contribution in [2.75, 3.05) is 20.3 Å². The first-order chi connectivity index (χ1) is 13.4. The minimum atomic E-state index is -3.70. The van der Waals surface area contributed by atoms with Crippen LogP contribution in [0.3, 0.4) is 0 Å². The number of carbonyl (C=O) groups is 1. The summed E-state index contributed by atoms with van der Waals surface area (Å²) in [6.45, 7) is 4.93. The van der Waals surface area contributed by atoms with Crippen LogP contribution in [0.2, 0.25) is 0 Å². The van der Waals surface area contributed by atoms with E-state index in [0.717, 1.165) is 12.0 Å². The summed E-state index contributed by atoms with van der Waals surface area (Å²) in [6.07, 6.45) is 0.801. The lowest BCUT2D eigenvalue weighted by Crippen LogP contribution is -2.38. The van der Waals surface area contributed by atoms with Crippen molar-refractivity contribution in [1.82, 2.24) is 9.62 Å². The van der Waals surface area contributed by atoms with Crippen molar-refractivity contribution in [3.63, 3.8) is 0 Å². The summed E-state index contributed by atoms with van der Waals surface area (Å²) in [5.74, 6) is -0.188. The molecule has 1 atom stereocenters. The lowest BCUT2D eigenvalue weighted by molar-refractivity contribution is 0.0671. The van der Waals surface area contributed by atoms with Gasteiger partial charge < -0.3 is 9.64 Å². The van der Waals surface area contributed by atoms with Crippen LogP contribution in [0.15, 0.2) is 59.5 Å². The van der Waals surface area contributed by atoms with Crippen molar-refractivity contribution in [2.24, 2.45) is 0 Å². The van der Waals surface area contributed by atoms with Gasteiger partial charge in [-0.3, -0.25) is 4.79 Å². The Bertz CT molecular complexity index is 869. The quantitative estimate of drug-likeness (QED) is 0.618. The normalized spacial score (nSPS) is 12.5. The summed E-state index contributed by atoms with van der Waals surface area (Å²) in [6, 6.07) is 15.9. The highest BCUT2D eigenvalue weighted by Crippen LogP contribution is 2.18. The van der Waals surface area contributed by atoms with Gasteiger partial charge in [-0.2, -0.15) is 0 Å². The first kappa shape index (κ1) is 22.1. The monoisotopic (exact) mass is 404 g/mol. The Morgan fingerprint density at radius 3 is 2.50 bits per heavy atom. The zero-order chi connectivity index (χ0) is 20.6. The molecule has 7 heteroatoms. The molecule has 1 amide bonds. The summed E-state index contributed by atoms with van der Waals surface area (Å²) in [5, 5.41) is 0. The number of amides is 1. The van der Waals surface area contributed by atoms with Crippen LogP contribution in [0.1, 0.15) is 36.2 Å². The number of ether oxygens (including phenoxy) is 1. The van der Waals surface area contributed by atoms with E-state index in [1.165, 1.54) is 19.2 Å². The van der Waals surface area contributed by atoms with Gasteiger partial charge in [-0.1, -0.05) is 43.3 Å². The number of hydrogen-bond donors (Lipinski definition) is 1. The van der Waals surface area contributed by atoms with E-state index in [9.17, 15) is 13.2 Å². The Balaban J connectivity index is 2.27. The van der Waals surface area contributed by atoms with Gasteiger partial charge in [-0.25, -0.2) is 13.1 Å². The van der Waals surface area contributed by atoms with Crippen LogP contribution in [-0.4, -0.2) is 45.5 Å². The number of methoxy groups -OCH3 is 1. The molecule has 0 aliphatic heterocycles. The fourth-order valence-corrected chi connectivity index (χ4v) is 3.81. The first-order valence-electron chi connectivity index (χ1n) is 9.32. The molecule has 0 spiro atoms. The van der Waals surface area contributed by atoms with E-state index in [2.05, 4.69) is 4.72 Å². The second kappa shape index (κ2) is 10.4. The molecule has 0 aliphatic rings.